The summed E-state index contributed by atoms with van der Waals surface area (Å²) < 4.78 is 3.99. The quantitative estimate of drug-likeness (QED) is 0.749. The Labute approximate surface area is 134 Å². The zero-order valence-electron chi connectivity index (χ0n) is 13.2. The number of rotatable bonds is 5. The van der Waals surface area contributed by atoms with Gasteiger partial charge < -0.3 is 10.6 Å². The minimum absolute atomic E-state index is 0.661. The third-order valence-electron chi connectivity index (χ3n) is 4.40. The minimum atomic E-state index is 0.661. The Hall–Kier alpha value is -2.41. The summed E-state index contributed by atoms with van der Waals surface area (Å²) in [6.07, 6.45) is 10.8. The Balaban J connectivity index is 1.63. The molecule has 7 heteroatoms. The monoisotopic (exact) mass is 311 g/mol. The molecule has 0 aliphatic carbocycles. The van der Waals surface area contributed by atoms with Gasteiger partial charge in [0, 0.05) is 37.2 Å². The van der Waals surface area contributed by atoms with Crippen LogP contribution in [0.4, 0.5) is 5.82 Å². The standard InChI is InChI=1S/C16H21N7/c1-2-22-11-13(9-21-22)14-10-20-16-15(18-5-6-23(14)16)19-8-12-3-4-17-7-12/h5-6,9-12,17H,2-4,7-8H2,1H3,(H,18,19). The van der Waals surface area contributed by atoms with Crippen molar-refractivity contribution < 1.29 is 0 Å². The van der Waals surface area contributed by atoms with E-state index in [0.717, 1.165) is 48.9 Å². The van der Waals surface area contributed by atoms with Crippen LogP contribution < -0.4 is 10.6 Å². The maximum absolute atomic E-state index is 4.56. The summed E-state index contributed by atoms with van der Waals surface area (Å²) in [6.45, 7) is 6.05. The molecule has 120 valence electrons. The molecule has 0 aromatic carbocycles. The van der Waals surface area contributed by atoms with Gasteiger partial charge in [-0.15, -0.1) is 0 Å². The molecule has 7 nitrogen and oxygen atoms in total. The van der Waals surface area contributed by atoms with Gasteiger partial charge in [-0.05, 0) is 32.4 Å². The highest BCUT2D eigenvalue weighted by atomic mass is 15.3. The summed E-state index contributed by atoms with van der Waals surface area (Å²) >= 11 is 0. The van der Waals surface area contributed by atoms with E-state index in [9.17, 15) is 0 Å². The summed E-state index contributed by atoms with van der Waals surface area (Å²) in [4.78, 5) is 9.02. The molecule has 3 aromatic rings. The van der Waals surface area contributed by atoms with E-state index in [4.69, 9.17) is 0 Å². The molecule has 0 saturated carbocycles. The number of hydrogen-bond donors (Lipinski definition) is 2. The number of hydrogen-bond acceptors (Lipinski definition) is 5. The van der Waals surface area contributed by atoms with Crippen LogP contribution >= 0.6 is 0 Å². The second kappa shape index (κ2) is 6.00. The van der Waals surface area contributed by atoms with Gasteiger partial charge in [0.2, 0.25) is 0 Å². The average Bonchev–Trinajstić information content (AvgIpc) is 3.31. The number of aromatic nitrogens is 5. The Morgan fingerprint density at radius 2 is 2.30 bits per heavy atom. The lowest BCUT2D eigenvalue weighted by molar-refractivity contribution is 0.614. The molecule has 1 aliphatic heterocycles. The molecule has 0 spiro atoms. The molecule has 1 unspecified atom stereocenters. The van der Waals surface area contributed by atoms with E-state index < -0.39 is 0 Å². The molecule has 1 atom stereocenters. The molecule has 1 fully saturated rings. The zero-order chi connectivity index (χ0) is 15.6. The highest BCUT2D eigenvalue weighted by Gasteiger charge is 2.16. The van der Waals surface area contributed by atoms with Crippen molar-refractivity contribution in [2.75, 3.05) is 25.0 Å². The van der Waals surface area contributed by atoms with Crippen LogP contribution in [0.3, 0.4) is 0 Å². The number of nitrogens with zero attached hydrogens (tertiary/aromatic N) is 5. The van der Waals surface area contributed by atoms with E-state index in [1.165, 1.54) is 6.42 Å². The molecule has 3 aromatic heterocycles. The lowest BCUT2D eigenvalue weighted by Gasteiger charge is -2.11. The van der Waals surface area contributed by atoms with Gasteiger partial charge in [-0.3, -0.25) is 9.08 Å². The molecule has 2 N–H and O–H groups in total. The first-order valence-corrected chi connectivity index (χ1v) is 8.14. The first kappa shape index (κ1) is 14.2. The van der Waals surface area contributed by atoms with Gasteiger partial charge in [-0.2, -0.15) is 5.10 Å². The SMILES string of the molecule is CCn1cc(-c2cnc3c(NCC4CCNC4)nccn23)cn1. The largest absolute Gasteiger partial charge is 0.367 e. The van der Waals surface area contributed by atoms with Crippen LogP contribution in [0.25, 0.3) is 16.9 Å². The van der Waals surface area contributed by atoms with Crippen molar-refractivity contribution in [2.24, 2.45) is 5.92 Å². The van der Waals surface area contributed by atoms with E-state index in [-0.39, 0.29) is 0 Å². The molecule has 1 saturated heterocycles. The molecule has 0 radical (unpaired) electrons. The van der Waals surface area contributed by atoms with Crippen LogP contribution in [-0.4, -0.2) is 43.8 Å². The maximum Gasteiger partial charge on any atom is 0.180 e. The second-order valence-corrected chi connectivity index (χ2v) is 5.94. The molecular weight excluding hydrogens is 290 g/mol. The molecule has 4 rings (SSSR count). The molecule has 0 bridgehead atoms. The predicted octanol–water partition coefficient (Wildman–Crippen LogP) is 1.63. The predicted molar refractivity (Wildman–Crippen MR) is 89.3 cm³/mol. The summed E-state index contributed by atoms with van der Waals surface area (Å²) in [5, 5.41) is 11.2. The number of anilines is 1. The second-order valence-electron chi connectivity index (χ2n) is 5.94. The average molecular weight is 311 g/mol. The van der Waals surface area contributed by atoms with Crippen LogP contribution in [0.2, 0.25) is 0 Å². The van der Waals surface area contributed by atoms with Crippen molar-refractivity contribution in [1.29, 1.82) is 0 Å². The van der Waals surface area contributed by atoms with Crippen molar-refractivity contribution in [1.82, 2.24) is 29.5 Å². The third-order valence-corrected chi connectivity index (χ3v) is 4.40. The summed E-state index contributed by atoms with van der Waals surface area (Å²) in [7, 11) is 0. The van der Waals surface area contributed by atoms with Gasteiger partial charge in [-0.1, -0.05) is 0 Å². The molecular formula is C16H21N7. The number of fused-ring (bicyclic) bond motifs is 1. The van der Waals surface area contributed by atoms with Crippen molar-refractivity contribution in [3.8, 4) is 11.3 Å². The molecule has 1 aliphatic rings. The number of aryl methyl sites for hydroxylation is 1. The minimum Gasteiger partial charge on any atom is -0.367 e. The van der Waals surface area contributed by atoms with E-state index >= 15 is 0 Å². The van der Waals surface area contributed by atoms with Gasteiger partial charge >= 0.3 is 0 Å². The molecule has 23 heavy (non-hydrogen) atoms. The third kappa shape index (κ3) is 2.68. The normalized spacial score (nSPS) is 17.9. The summed E-state index contributed by atoms with van der Waals surface area (Å²) in [5.74, 6) is 1.50. The lowest BCUT2D eigenvalue weighted by atomic mass is 10.1. The fourth-order valence-corrected chi connectivity index (χ4v) is 3.06. The van der Waals surface area contributed by atoms with Crippen LogP contribution in [0.5, 0.6) is 0 Å². The van der Waals surface area contributed by atoms with Gasteiger partial charge in [0.1, 0.15) is 0 Å². The Bertz CT molecular complexity index is 798. The van der Waals surface area contributed by atoms with Crippen molar-refractivity contribution >= 4 is 11.5 Å². The van der Waals surface area contributed by atoms with E-state index in [0.29, 0.717) is 5.92 Å². The Morgan fingerprint density at radius 3 is 3.09 bits per heavy atom. The van der Waals surface area contributed by atoms with Crippen LogP contribution in [0.1, 0.15) is 13.3 Å². The lowest BCUT2D eigenvalue weighted by Crippen LogP contribution is -2.18. The van der Waals surface area contributed by atoms with Crippen LogP contribution in [0, 0.1) is 5.92 Å². The number of nitrogens with one attached hydrogen (secondary N) is 2. The van der Waals surface area contributed by atoms with Crippen LogP contribution in [-0.2, 0) is 6.54 Å². The van der Waals surface area contributed by atoms with Crippen molar-refractivity contribution in [2.45, 2.75) is 19.9 Å². The van der Waals surface area contributed by atoms with Crippen LogP contribution in [0.15, 0.2) is 31.0 Å². The van der Waals surface area contributed by atoms with Gasteiger partial charge in [0.15, 0.2) is 11.5 Å². The van der Waals surface area contributed by atoms with Gasteiger partial charge in [-0.25, -0.2) is 9.97 Å². The van der Waals surface area contributed by atoms with E-state index in [2.05, 4.69) is 37.0 Å². The highest BCUT2D eigenvalue weighted by Crippen LogP contribution is 2.23. The van der Waals surface area contributed by atoms with Gasteiger partial charge in [0.25, 0.3) is 0 Å². The smallest absolute Gasteiger partial charge is 0.180 e. The summed E-state index contributed by atoms with van der Waals surface area (Å²) in [5.41, 5.74) is 2.96. The molecule has 0 amide bonds. The van der Waals surface area contributed by atoms with E-state index in [1.807, 2.05) is 35.7 Å². The number of imidazole rings is 1. The first-order valence-electron chi connectivity index (χ1n) is 8.14. The maximum atomic E-state index is 4.56. The highest BCUT2D eigenvalue weighted by molar-refractivity contribution is 5.69. The van der Waals surface area contributed by atoms with Gasteiger partial charge in [0.05, 0.1) is 18.1 Å². The topological polar surface area (TPSA) is 72.1 Å². The summed E-state index contributed by atoms with van der Waals surface area (Å²) in [6, 6.07) is 0. The van der Waals surface area contributed by atoms with E-state index in [1.54, 1.807) is 0 Å². The Kier molecular flexibility index (Phi) is 3.70. The zero-order valence-corrected chi connectivity index (χ0v) is 13.2. The fraction of sp³-hybridized carbons (Fsp3) is 0.438. The van der Waals surface area contributed by atoms with Crippen molar-refractivity contribution in [3.05, 3.63) is 31.0 Å². The van der Waals surface area contributed by atoms with Crippen molar-refractivity contribution in [3.63, 3.8) is 0 Å². The first-order chi connectivity index (χ1) is 11.3. The fourth-order valence-electron chi connectivity index (χ4n) is 3.06. The Morgan fingerprint density at radius 1 is 1.35 bits per heavy atom. The molecule has 4 heterocycles.